The molecule has 0 saturated carbocycles. The van der Waals surface area contributed by atoms with E-state index in [9.17, 15) is 13.2 Å². The SMILES string of the molecule is CCC(C)NS(=O)(=O)c1ccc(C(=O)NCC(C)c2ccccc2)cc1. The highest BCUT2D eigenvalue weighted by molar-refractivity contribution is 7.89. The van der Waals surface area contributed by atoms with Crippen LogP contribution in [0.5, 0.6) is 0 Å². The van der Waals surface area contributed by atoms with Crippen LogP contribution in [0.2, 0.25) is 0 Å². The maximum absolute atomic E-state index is 12.3. The second-order valence-electron chi connectivity index (χ2n) is 6.48. The quantitative estimate of drug-likeness (QED) is 0.744. The zero-order valence-electron chi connectivity index (χ0n) is 15.4. The Morgan fingerprint density at radius 1 is 1.00 bits per heavy atom. The van der Waals surface area contributed by atoms with E-state index < -0.39 is 10.0 Å². The van der Waals surface area contributed by atoms with Crippen LogP contribution in [0.3, 0.4) is 0 Å². The van der Waals surface area contributed by atoms with Gasteiger partial charge in [-0.1, -0.05) is 44.2 Å². The molecule has 1 amide bonds. The van der Waals surface area contributed by atoms with Gasteiger partial charge >= 0.3 is 0 Å². The highest BCUT2D eigenvalue weighted by Crippen LogP contribution is 2.14. The van der Waals surface area contributed by atoms with Crippen LogP contribution in [-0.2, 0) is 10.0 Å². The van der Waals surface area contributed by atoms with Crippen LogP contribution < -0.4 is 10.0 Å². The lowest BCUT2D eigenvalue weighted by Gasteiger charge is -2.14. The van der Waals surface area contributed by atoms with E-state index in [1.54, 1.807) is 0 Å². The summed E-state index contributed by atoms with van der Waals surface area (Å²) in [6.07, 6.45) is 0.708. The van der Waals surface area contributed by atoms with Crippen LogP contribution >= 0.6 is 0 Å². The molecule has 2 aromatic carbocycles. The van der Waals surface area contributed by atoms with E-state index in [0.717, 1.165) is 5.56 Å². The van der Waals surface area contributed by atoms with Crippen LogP contribution in [0.25, 0.3) is 0 Å². The molecule has 2 atom stereocenters. The van der Waals surface area contributed by atoms with E-state index in [4.69, 9.17) is 0 Å². The van der Waals surface area contributed by atoms with Crippen molar-refractivity contribution in [2.75, 3.05) is 6.54 Å². The smallest absolute Gasteiger partial charge is 0.251 e. The van der Waals surface area contributed by atoms with Gasteiger partial charge in [-0.3, -0.25) is 4.79 Å². The third-order valence-electron chi connectivity index (χ3n) is 4.33. The van der Waals surface area contributed by atoms with Crippen molar-refractivity contribution in [3.05, 3.63) is 65.7 Å². The number of hydrogen-bond acceptors (Lipinski definition) is 3. The third kappa shape index (κ3) is 5.41. The van der Waals surface area contributed by atoms with Gasteiger partial charge in [-0.25, -0.2) is 13.1 Å². The minimum Gasteiger partial charge on any atom is -0.351 e. The van der Waals surface area contributed by atoms with Gasteiger partial charge in [0.25, 0.3) is 5.91 Å². The molecule has 0 aliphatic carbocycles. The molecule has 26 heavy (non-hydrogen) atoms. The predicted molar refractivity (Wildman–Crippen MR) is 104 cm³/mol. The molecular formula is C20H26N2O3S. The molecule has 2 unspecified atom stereocenters. The first-order chi connectivity index (χ1) is 12.3. The van der Waals surface area contributed by atoms with Crippen molar-refractivity contribution in [3.63, 3.8) is 0 Å². The maximum Gasteiger partial charge on any atom is 0.251 e. The summed E-state index contributed by atoms with van der Waals surface area (Å²) < 4.78 is 27.1. The highest BCUT2D eigenvalue weighted by Gasteiger charge is 2.17. The monoisotopic (exact) mass is 374 g/mol. The van der Waals surface area contributed by atoms with E-state index in [0.29, 0.717) is 18.5 Å². The first-order valence-corrected chi connectivity index (χ1v) is 10.3. The molecule has 6 heteroatoms. The Kier molecular flexibility index (Phi) is 6.94. The normalized spacial score (nSPS) is 13.8. The Bertz CT molecular complexity index is 818. The molecule has 140 valence electrons. The first kappa shape index (κ1) is 20.1. The molecule has 0 aliphatic rings. The van der Waals surface area contributed by atoms with Crippen molar-refractivity contribution < 1.29 is 13.2 Å². The molecule has 0 fully saturated rings. The minimum atomic E-state index is -3.56. The van der Waals surface area contributed by atoms with Gasteiger partial charge in [0, 0.05) is 18.2 Å². The van der Waals surface area contributed by atoms with E-state index in [1.165, 1.54) is 24.3 Å². The van der Waals surface area contributed by atoms with Gasteiger partial charge in [-0.05, 0) is 49.1 Å². The first-order valence-electron chi connectivity index (χ1n) is 8.79. The molecule has 0 saturated heterocycles. The summed E-state index contributed by atoms with van der Waals surface area (Å²) in [5.74, 6) is -0.0221. The fourth-order valence-electron chi connectivity index (χ4n) is 2.45. The minimum absolute atomic E-state index is 0.137. The molecule has 0 bridgehead atoms. The van der Waals surface area contributed by atoms with Crippen molar-refractivity contribution in [2.24, 2.45) is 0 Å². The van der Waals surface area contributed by atoms with Crippen LogP contribution in [0.1, 0.15) is 49.0 Å². The Labute approximate surface area is 155 Å². The van der Waals surface area contributed by atoms with Gasteiger partial charge in [0.2, 0.25) is 10.0 Å². The maximum atomic E-state index is 12.3. The van der Waals surface area contributed by atoms with E-state index in [1.807, 2.05) is 51.1 Å². The second-order valence-corrected chi connectivity index (χ2v) is 8.19. The second kappa shape index (κ2) is 8.96. The van der Waals surface area contributed by atoms with Gasteiger partial charge in [-0.2, -0.15) is 0 Å². The lowest BCUT2D eigenvalue weighted by atomic mass is 10.0. The molecule has 0 aliphatic heterocycles. The van der Waals surface area contributed by atoms with Crippen molar-refractivity contribution in [1.29, 1.82) is 0 Å². The van der Waals surface area contributed by atoms with Crippen LogP contribution in [0.4, 0.5) is 0 Å². The zero-order valence-corrected chi connectivity index (χ0v) is 16.2. The van der Waals surface area contributed by atoms with E-state index in [2.05, 4.69) is 10.0 Å². The highest BCUT2D eigenvalue weighted by atomic mass is 32.2. The predicted octanol–water partition coefficient (Wildman–Crippen LogP) is 3.30. The summed E-state index contributed by atoms with van der Waals surface area (Å²) in [6.45, 7) is 6.29. The number of carbonyl (C=O) groups is 1. The van der Waals surface area contributed by atoms with Crippen LogP contribution in [0, 0.1) is 0 Å². The number of carbonyl (C=O) groups excluding carboxylic acids is 1. The van der Waals surface area contributed by atoms with Gasteiger partial charge in [-0.15, -0.1) is 0 Å². The number of amides is 1. The number of sulfonamides is 1. The zero-order chi connectivity index (χ0) is 19.2. The molecule has 2 rings (SSSR count). The summed E-state index contributed by atoms with van der Waals surface area (Å²) in [6, 6.07) is 15.8. The summed E-state index contributed by atoms with van der Waals surface area (Å²) in [7, 11) is -3.56. The number of benzene rings is 2. The molecule has 0 heterocycles. The topological polar surface area (TPSA) is 75.3 Å². The summed E-state index contributed by atoms with van der Waals surface area (Å²) in [4.78, 5) is 12.4. The number of rotatable bonds is 8. The van der Waals surface area contributed by atoms with E-state index in [-0.39, 0.29) is 22.8 Å². The molecular weight excluding hydrogens is 348 g/mol. The van der Waals surface area contributed by atoms with Crippen molar-refractivity contribution in [3.8, 4) is 0 Å². The van der Waals surface area contributed by atoms with Gasteiger partial charge in [0.1, 0.15) is 0 Å². The lowest BCUT2D eigenvalue weighted by Crippen LogP contribution is -2.32. The Hall–Kier alpha value is -2.18. The largest absolute Gasteiger partial charge is 0.351 e. The average Bonchev–Trinajstić information content (AvgIpc) is 2.66. The lowest BCUT2D eigenvalue weighted by molar-refractivity contribution is 0.0951. The Morgan fingerprint density at radius 2 is 1.62 bits per heavy atom. The number of nitrogens with one attached hydrogen (secondary N) is 2. The standard InChI is InChI=1S/C20H26N2O3S/c1-4-16(3)22-26(24,25)19-12-10-18(11-13-19)20(23)21-14-15(2)17-8-6-5-7-9-17/h5-13,15-16,22H,4,14H2,1-3H3,(H,21,23). The summed E-state index contributed by atoms with van der Waals surface area (Å²) >= 11 is 0. The number of hydrogen-bond donors (Lipinski definition) is 2. The molecule has 0 spiro atoms. The Balaban J connectivity index is 1.98. The van der Waals surface area contributed by atoms with Gasteiger partial charge in [0.05, 0.1) is 4.90 Å². The van der Waals surface area contributed by atoms with E-state index >= 15 is 0 Å². The van der Waals surface area contributed by atoms with Crippen LogP contribution in [0.15, 0.2) is 59.5 Å². The Morgan fingerprint density at radius 3 is 2.19 bits per heavy atom. The molecule has 0 radical (unpaired) electrons. The van der Waals surface area contributed by atoms with Crippen molar-refractivity contribution in [2.45, 2.75) is 44.0 Å². The fourth-order valence-corrected chi connectivity index (χ4v) is 3.78. The molecule has 2 N–H and O–H groups in total. The fraction of sp³-hybridized carbons (Fsp3) is 0.350. The molecule has 5 nitrogen and oxygen atoms in total. The summed E-state index contributed by atoms with van der Waals surface area (Å²) in [5.41, 5.74) is 1.60. The molecule has 2 aromatic rings. The third-order valence-corrected chi connectivity index (χ3v) is 5.94. The van der Waals surface area contributed by atoms with Crippen LogP contribution in [-0.4, -0.2) is 26.9 Å². The van der Waals surface area contributed by atoms with Crippen molar-refractivity contribution >= 4 is 15.9 Å². The van der Waals surface area contributed by atoms with Gasteiger partial charge < -0.3 is 5.32 Å². The van der Waals surface area contributed by atoms with Gasteiger partial charge in [0.15, 0.2) is 0 Å². The average molecular weight is 375 g/mol. The molecule has 0 aromatic heterocycles. The van der Waals surface area contributed by atoms with Crippen molar-refractivity contribution in [1.82, 2.24) is 10.0 Å². The summed E-state index contributed by atoms with van der Waals surface area (Å²) in [5, 5.41) is 2.89.